The van der Waals surface area contributed by atoms with Gasteiger partial charge in [-0.3, -0.25) is 0 Å². The first-order valence-electron chi connectivity index (χ1n) is 7.12. The minimum atomic E-state index is -0.00872. The van der Waals surface area contributed by atoms with Gasteiger partial charge in [-0.2, -0.15) is 0 Å². The largest absolute Gasteiger partial charge is 0.493 e. The van der Waals surface area contributed by atoms with E-state index in [4.69, 9.17) is 26.2 Å². The van der Waals surface area contributed by atoms with Crippen LogP contribution in [0.3, 0.4) is 0 Å². The number of ether oxygens (including phenoxy) is 2. The Hall–Kier alpha value is -0.970. The maximum atomic E-state index is 9.12. The monoisotopic (exact) mass is 315 g/mol. The molecule has 0 saturated heterocycles. The van der Waals surface area contributed by atoms with E-state index in [1.165, 1.54) is 0 Å². The van der Waals surface area contributed by atoms with Crippen LogP contribution in [0.4, 0.5) is 0 Å². The number of hydrogen-bond acceptors (Lipinski definition) is 4. The van der Waals surface area contributed by atoms with Crippen LogP contribution in [0.15, 0.2) is 12.1 Å². The Morgan fingerprint density at radius 1 is 1.33 bits per heavy atom. The third-order valence-corrected chi connectivity index (χ3v) is 3.17. The SMILES string of the molecule is COc1cc(Cl)cc(CNC(C)(C)C)c1OCC(C)CO. The van der Waals surface area contributed by atoms with E-state index in [-0.39, 0.29) is 18.1 Å². The predicted octanol–water partition coefficient (Wildman–Crippen LogP) is 3.24. The van der Waals surface area contributed by atoms with E-state index in [9.17, 15) is 0 Å². The second-order valence-electron chi connectivity index (χ2n) is 6.30. The zero-order valence-corrected chi connectivity index (χ0v) is 14.3. The molecular weight excluding hydrogens is 290 g/mol. The Morgan fingerprint density at radius 3 is 2.52 bits per heavy atom. The molecule has 0 heterocycles. The van der Waals surface area contributed by atoms with Crippen molar-refractivity contribution in [2.45, 2.75) is 39.8 Å². The molecule has 0 amide bonds. The van der Waals surface area contributed by atoms with Crippen molar-refractivity contribution in [3.05, 3.63) is 22.7 Å². The molecule has 1 rings (SSSR count). The molecule has 0 bridgehead atoms. The van der Waals surface area contributed by atoms with Gasteiger partial charge in [0.05, 0.1) is 13.7 Å². The first-order chi connectivity index (χ1) is 9.76. The van der Waals surface area contributed by atoms with Crippen LogP contribution in [0.5, 0.6) is 11.5 Å². The Bertz CT molecular complexity index is 458. The lowest BCUT2D eigenvalue weighted by Crippen LogP contribution is -2.35. The van der Waals surface area contributed by atoms with E-state index >= 15 is 0 Å². The van der Waals surface area contributed by atoms with Crippen LogP contribution in [0.25, 0.3) is 0 Å². The number of hydrogen-bond donors (Lipinski definition) is 2. The van der Waals surface area contributed by atoms with Crippen molar-refractivity contribution in [1.82, 2.24) is 5.32 Å². The maximum absolute atomic E-state index is 9.12. The molecule has 0 fully saturated rings. The van der Waals surface area contributed by atoms with E-state index in [1.807, 2.05) is 13.0 Å². The van der Waals surface area contributed by atoms with Gasteiger partial charge in [0.1, 0.15) is 0 Å². The molecule has 1 unspecified atom stereocenters. The first kappa shape index (κ1) is 18.1. The Labute approximate surface area is 132 Å². The molecule has 21 heavy (non-hydrogen) atoms. The van der Waals surface area contributed by atoms with Gasteiger partial charge in [-0.1, -0.05) is 18.5 Å². The van der Waals surface area contributed by atoms with Crippen LogP contribution in [0.2, 0.25) is 5.02 Å². The van der Waals surface area contributed by atoms with E-state index < -0.39 is 0 Å². The number of aliphatic hydroxyl groups excluding tert-OH is 1. The topological polar surface area (TPSA) is 50.7 Å². The molecule has 0 aliphatic carbocycles. The summed E-state index contributed by atoms with van der Waals surface area (Å²) in [6.07, 6.45) is 0. The molecule has 0 radical (unpaired) electrons. The summed E-state index contributed by atoms with van der Waals surface area (Å²) < 4.78 is 11.2. The lowest BCUT2D eigenvalue weighted by molar-refractivity contribution is 0.170. The average molecular weight is 316 g/mol. The summed E-state index contributed by atoms with van der Waals surface area (Å²) in [5, 5.41) is 13.1. The second-order valence-corrected chi connectivity index (χ2v) is 6.74. The second kappa shape index (κ2) is 7.87. The van der Waals surface area contributed by atoms with E-state index in [0.717, 1.165) is 5.56 Å². The molecule has 1 aromatic rings. The van der Waals surface area contributed by atoms with E-state index in [2.05, 4.69) is 26.1 Å². The quantitative estimate of drug-likeness (QED) is 0.811. The van der Waals surface area contributed by atoms with Crippen molar-refractivity contribution >= 4 is 11.6 Å². The van der Waals surface area contributed by atoms with Crippen molar-refractivity contribution in [3.8, 4) is 11.5 Å². The van der Waals surface area contributed by atoms with Crippen LogP contribution in [-0.2, 0) is 6.54 Å². The lowest BCUT2D eigenvalue weighted by atomic mass is 10.1. The first-order valence-corrected chi connectivity index (χ1v) is 7.49. The predicted molar refractivity (Wildman–Crippen MR) is 86.3 cm³/mol. The van der Waals surface area contributed by atoms with Gasteiger partial charge in [0.15, 0.2) is 11.5 Å². The highest BCUT2D eigenvalue weighted by Crippen LogP contribution is 2.35. The van der Waals surface area contributed by atoms with Gasteiger partial charge in [-0.05, 0) is 26.8 Å². The molecule has 120 valence electrons. The van der Waals surface area contributed by atoms with Crippen LogP contribution in [0, 0.1) is 5.92 Å². The number of methoxy groups -OCH3 is 1. The highest BCUT2D eigenvalue weighted by atomic mass is 35.5. The fourth-order valence-electron chi connectivity index (χ4n) is 1.71. The van der Waals surface area contributed by atoms with Crippen molar-refractivity contribution < 1.29 is 14.6 Å². The summed E-state index contributed by atoms with van der Waals surface area (Å²) in [7, 11) is 1.59. The summed E-state index contributed by atoms with van der Waals surface area (Å²) in [5.41, 5.74) is 0.935. The van der Waals surface area contributed by atoms with Gasteiger partial charge >= 0.3 is 0 Å². The van der Waals surface area contributed by atoms with Crippen molar-refractivity contribution in [1.29, 1.82) is 0 Å². The molecule has 0 spiro atoms. The summed E-state index contributed by atoms with van der Waals surface area (Å²) in [4.78, 5) is 0. The van der Waals surface area contributed by atoms with E-state index in [1.54, 1.807) is 13.2 Å². The normalized spacial score (nSPS) is 13.1. The summed E-state index contributed by atoms with van der Waals surface area (Å²) in [6.45, 7) is 9.37. The Kier molecular flexibility index (Phi) is 6.78. The molecule has 5 heteroatoms. The lowest BCUT2D eigenvalue weighted by Gasteiger charge is -2.23. The average Bonchev–Trinajstić information content (AvgIpc) is 2.41. The number of benzene rings is 1. The number of aliphatic hydroxyl groups is 1. The fraction of sp³-hybridized carbons (Fsp3) is 0.625. The number of halogens is 1. The van der Waals surface area contributed by atoms with Gasteiger partial charge in [0, 0.05) is 41.3 Å². The van der Waals surface area contributed by atoms with Crippen LogP contribution < -0.4 is 14.8 Å². The third kappa shape index (κ3) is 6.12. The summed E-state index contributed by atoms with van der Waals surface area (Å²) in [5.74, 6) is 1.35. The van der Waals surface area contributed by atoms with Gasteiger partial charge in [0.25, 0.3) is 0 Å². The molecule has 4 nitrogen and oxygen atoms in total. The fourth-order valence-corrected chi connectivity index (χ4v) is 1.94. The number of nitrogens with one attached hydrogen (secondary N) is 1. The van der Waals surface area contributed by atoms with Crippen LogP contribution in [0.1, 0.15) is 33.3 Å². The molecule has 0 aliphatic heterocycles. The molecule has 1 aromatic carbocycles. The Balaban J connectivity index is 2.99. The van der Waals surface area contributed by atoms with Gasteiger partial charge in [-0.15, -0.1) is 0 Å². The highest BCUT2D eigenvalue weighted by molar-refractivity contribution is 6.30. The zero-order valence-electron chi connectivity index (χ0n) is 13.5. The van der Waals surface area contributed by atoms with Gasteiger partial charge in [-0.25, -0.2) is 0 Å². The standard InChI is InChI=1S/C16H26ClNO3/c1-11(9-19)10-21-15-12(8-18-16(2,3)4)6-13(17)7-14(15)20-5/h6-7,11,18-19H,8-10H2,1-5H3. The smallest absolute Gasteiger partial charge is 0.165 e. The Morgan fingerprint density at radius 2 is 2.00 bits per heavy atom. The number of rotatable bonds is 7. The summed E-state index contributed by atoms with van der Waals surface area (Å²) >= 11 is 6.14. The van der Waals surface area contributed by atoms with Crippen molar-refractivity contribution in [2.24, 2.45) is 5.92 Å². The highest BCUT2D eigenvalue weighted by Gasteiger charge is 2.16. The van der Waals surface area contributed by atoms with Crippen LogP contribution in [-0.4, -0.2) is 31.0 Å². The van der Waals surface area contributed by atoms with Gasteiger partial charge < -0.3 is 19.9 Å². The maximum Gasteiger partial charge on any atom is 0.165 e. The van der Waals surface area contributed by atoms with Crippen molar-refractivity contribution in [3.63, 3.8) is 0 Å². The van der Waals surface area contributed by atoms with Crippen molar-refractivity contribution in [2.75, 3.05) is 20.3 Å². The molecule has 1 atom stereocenters. The van der Waals surface area contributed by atoms with Crippen LogP contribution >= 0.6 is 11.6 Å². The minimum Gasteiger partial charge on any atom is -0.493 e. The van der Waals surface area contributed by atoms with E-state index in [0.29, 0.717) is 29.7 Å². The molecular formula is C16H26ClNO3. The molecule has 2 N–H and O–H groups in total. The molecule has 0 aromatic heterocycles. The molecule has 0 saturated carbocycles. The van der Waals surface area contributed by atoms with Gasteiger partial charge in [0.2, 0.25) is 0 Å². The third-order valence-electron chi connectivity index (χ3n) is 2.95. The zero-order chi connectivity index (χ0) is 16.0. The summed E-state index contributed by atoms with van der Waals surface area (Å²) in [6, 6.07) is 3.61. The molecule has 0 aliphatic rings. The minimum absolute atomic E-state index is 0.00872.